The molecule has 3 rings (SSSR count). The van der Waals surface area contributed by atoms with Gasteiger partial charge in [-0.05, 0) is 57.1 Å². The van der Waals surface area contributed by atoms with Gasteiger partial charge >= 0.3 is 17.1 Å². The van der Waals surface area contributed by atoms with E-state index in [4.69, 9.17) is 21.9 Å². The smallest absolute Gasteiger partial charge is 0.293 e. The third kappa shape index (κ3) is 9.10. The normalized spacial score (nSPS) is 10.2. The zero-order chi connectivity index (χ0) is 23.2. The van der Waals surface area contributed by atoms with Crippen LogP contribution < -0.4 is 0 Å². The number of hydrogen-bond donors (Lipinski definition) is 0. The quantitative estimate of drug-likeness (QED) is 0.172. The van der Waals surface area contributed by atoms with E-state index in [-0.39, 0.29) is 17.1 Å². The number of allylic oxidation sites excluding steroid dienone is 2. The van der Waals surface area contributed by atoms with Gasteiger partial charge in [-0.3, -0.25) is 20.6 Å². The van der Waals surface area contributed by atoms with Crippen molar-refractivity contribution in [2.24, 2.45) is 0 Å². The average molecular weight is 490 g/mol. The molecule has 179 valence electrons. The first-order valence-electron chi connectivity index (χ1n) is 11.8. The van der Waals surface area contributed by atoms with Crippen molar-refractivity contribution >= 4 is 0 Å². The van der Waals surface area contributed by atoms with E-state index in [1.807, 2.05) is 32.6 Å². The summed E-state index contributed by atoms with van der Waals surface area (Å²) < 4.78 is 5.70. The molecule has 0 spiro atoms. The van der Waals surface area contributed by atoms with Crippen LogP contribution >= 0.6 is 0 Å². The molecule has 3 aromatic heterocycles. The summed E-state index contributed by atoms with van der Waals surface area (Å²) in [6.45, 7) is 14.7. The monoisotopic (exact) mass is 489 g/mol. The molecule has 0 aromatic carbocycles. The van der Waals surface area contributed by atoms with Crippen LogP contribution in [0.15, 0.2) is 55.5 Å². The van der Waals surface area contributed by atoms with Crippen molar-refractivity contribution in [3.63, 3.8) is 0 Å². The van der Waals surface area contributed by atoms with E-state index >= 15 is 0 Å². The van der Waals surface area contributed by atoms with Crippen LogP contribution in [0.4, 0.5) is 0 Å². The van der Waals surface area contributed by atoms with E-state index in [9.17, 15) is 0 Å². The molecule has 0 saturated heterocycles. The molecular formula is C26H38MnN6. The van der Waals surface area contributed by atoms with Gasteiger partial charge < -0.3 is 0 Å². The maximum Gasteiger partial charge on any atom is 2.00 e. The molecule has 0 unspecified atom stereocenters. The average Bonchev–Trinajstić information content (AvgIpc) is 3.57. The van der Waals surface area contributed by atoms with E-state index in [0.717, 1.165) is 61.9 Å². The predicted molar refractivity (Wildman–Crippen MR) is 131 cm³/mol. The topological polar surface area (TPSA) is 53.5 Å². The third-order valence-electron chi connectivity index (χ3n) is 5.04. The maximum atomic E-state index is 4.80. The summed E-state index contributed by atoms with van der Waals surface area (Å²) in [5.41, 5.74) is 3.32. The minimum Gasteiger partial charge on any atom is -0.293 e. The van der Waals surface area contributed by atoms with Gasteiger partial charge in [0, 0.05) is 0 Å². The van der Waals surface area contributed by atoms with Gasteiger partial charge in [-0.25, -0.2) is 12.2 Å². The number of aromatic nitrogens is 6. The van der Waals surface area contributed by atoms with Crippen LogP contribution in [0.1, 0.15) is 76.4 Å². The van der Waals surface area contributed by atoms with E-state index in [0.29, 0.717) is 0 Å². The van der Waals surface area contributed by atoms with Gasteiger partial charge in [-0.2, -0.15) is 21.9 Å². The molecule has 6 nitrogen and oxygen atoms in total. The number of unbranched alkanes of at least 4 members (excludes halogenated alkanes) is 3. The zero-order valence-electron chi connectivity index (χ0n) is 20.3. The van der Waals surface area contributed by atoms with Crippen LogP contribution in [0.2, 0.25) is 0 Å². The number of nitrogens with zero attached hydrogens (tertiary/aromatic N) is 6. The molecule has 3 aromatic rings. The molecule has 33 heavy (non-hydrogen) atoms. The van der Waals surface area contributed by atoms with Crippen LogP contribution in [-0.2, 0) is 36.3 Å². The fourth-order valence-electron chi connectivity index (χ4n) is 3.21. The molecule has 0 aliphatic heterocycles. The maximum absolute atomic E-state index is 4.80. The van der Waals surface area contributed by atoms with Gasteiger partial charge in [0.1, 0.15) is 0 Å². The molecular weight excluding hydrogens is 451 g/mol. The Hall–Kier alpha value is -2.50. The molecule has 7 heteroatoms. The number of hydrogen-bond acceptors (Lipinski definition) is 3. The minimum atomic E-state index is 0. The predicted octanol–water partition coefficient (Wildman–Crippen LogP) is 5.85. The summed E-state index contributed by atoms with van der Waals surface area (Å²) in [6, 6.07) is 6.29. The summed E-state index contributed by atoms with van der Waals surface area (Å²) in [5.74, 6) is 0. The van der Waals surface area contributed by atoms with E-state index in [1.165, 1.54) is 31.4 Å². The largest absolute Gasteiger partial charge is 2.00 e. The van der Waals surface area contributed by atoms with Gasteiger partial charge in [-0.15, -0.1) is 0 Å². The minimum absolute atomic E-state index is 0. The zero-order valence-corrected chi connectivity index (χ0v) is 21.5. The van der Waals surface area contributed by atoms with E-state index < -0.39 is 0 Å². The Kier molecular flexibility index (Phi) is 14.0. The van der Waals surface area contributed by atoms with Crippen molar-refractivity contribution < 1.29 is 17.1 Å². The molecule has 0 saturated carbocycles. The van der Waals surface area contributed by atoms with Crippen molar-refractivity contribution in [2.75, 3.05) is 0 Å². The van der Waals surface area contributed by atoms with Gasteiger partial charge in [-0.1, -0.05) is 58.2 Å². The second kappa shape index (κ2) is 16.2. The van der Waals surface area contributed by atoms with Crippen LogP contribution in [0.25, 0.3) is 0 Å². The van der Waals surface area contributed by atoms with Crippen LogP contribution in [0.3, 0.4) is 0 Å². The standard InChI is InChI=1S/C22H33N6.C4H5.Mn/c1-4-7-10-19-13-16-26(23-19)22(27-17-14-20(24-27)11-8-5-2)28-18-15-21(25-28)12-9-6-3;1-3-4-2;/h13-18H,4-12H2,1-3H3;1,3-4H,2H2;/q2*-1;+2. The first-order valence-corrected chi connectivity index (χ1v) is 11.8. The molecule has 0 aliphatic carbocycles. The fourth-order valence-corrected chi connectivity index (χ4v) is 3.21. The summed E-state index contributed by atoms with van der Waals surface area (Å²) in [4.78, 5) is 0. The van der Waals surface area contributed by atoms with Crippen molar-refractivity contribution in [1.82, 2.24) is 29.3 Å². The van der Waals surface area contributed by atoms with E-state index in [2.05, 4.69) is 45.5 Å². The molecule has 0 amide bonds. The first-order chi connectivity index (χ1) is 15.7. The Labute approximate surface area is 210 Å². The van der Waals surface area contributed by atoms with E-state index in [1.54, 1.807) is 0 Å². The van der Waals surface area contributed by atoms with Crippen LogP contribution in [0.5, 0.6) is 0 Å². The molecule has 0 N–H and O–H groups in total. The fraction of sp³-hybridized carbons (Fsp3) is 0.462. The second-order valence-electron chi connectivity index (χ2n) is 7.79. The molecule has 3 heterocycles. The Balaban J connectivity index is 0.00000101. The van der Waals surface area contributed by atoms with Crippen LogP contribution in [-0.4, -0.2) is 29.3 Å². The van der Waals surface area contributed by atoms with Gasteiger partial charge in [0.25, 0.3) is 0 Å². The van der Waals surface area contributed by atoms with Gasteiger partial charge in [0.2, 0.25) is 0 Å². The van der Waals surface area contributed by atoms with Crippen molar-refractivity contribution in [1.29, 1.82) is 0 Å². The Morgan fingerprint density at radius 2 is 1.06 bits per heavy atom. The molecule has 1 radical (unpaired) electrons. The molecule has 0 aliphatic rings. The first kappa shape index (κ1) is 28.5. The Morgan fingerprint density at radius 3 is 1.30 bits per heavy atom. The SMILES string of the molecule is CCCCc1ccn([C-](n2ccc(CCCC)n2)n2ccc(CCCC)n2)n1.[CH-]=CC=C.[Mn+2]. The summed E-state index contributed by atoms with van der Waals surface area (Å²) in [7, 11) is 0. The third-order valence-corrected chi connectivity index (χ3v) is 5.04. The summed E-state index contributed by atoms with van der Waals surface area (Å²) in [6.07, 6.45) is 19.7. The molecule has 0 atom stereocenters. The number of aryl methyl sites for hydroxylation is 3. The van der Waals surface area contributed by atoms with Crippen molar-refractivity contribution in [3.05, 3.63) is 85.5 Å². The molecule has 0 bridgehead atoms. The summed E-state index contributed by atoms with van der Waals surface area (Å²) in [5, 5.41) is 14.4. The van der Waals surface area contributed by atoms with Crippen molar-refractivity contribution in [2.45, 2.75) is 78.6 Å². The summed E-state index contributed by atoms with van der Waals surface area (Å²) >= 11 is 0. The second-order valence-corrected chi connectivity index (χ2v) is 7.79. The Bertz CT molecular complexity index is 807. The van der Waals surface area contributed by atoms with Gasteiger partial charge in [0.15, 0.2) is 6.29 Å². The number of rotatable bonds is 13. The Morgan fingerprint density at radius 1 is 0.758 bits per heavy atom. The van der Waals surface area contributed by atoms with Crippen LogP contribution in [0, 0.1) is 12.9 Å². The van der Waals surface area contributed by atoms with Crippen molar-refractivity contribution in [3.8, 4) is 0 Å². The molecule has 0 fully saturated rings. The van der Waals surface area contributed by atoms with Gasteiger partial charge in [0.05, 0.1) is 17.1 Å².